The second kappa shape index (κ2) is 5.34. The molecule has 3 heteroatoms. The first-order valence-electron chi connectivity index (χ1n) is 7.87. The number of hydrogen-bond acceptors (Lipinski definition) is 2. The van der Waals surface area contributed by atoms with E-state index in [9.17, 15) is 4.79 Å². The second-order valence-corrected chi connectivity index (χ2v) is 7.22. The van der Waals surface area contributed by atoms with E-state index < -0.39 is 0 Å². The van der Waals surface area contributed by atoms with Crippen LogP contribution in [0.15, 0.2) is 0 Å². The van der Waals surface area contributed by atoms with Crippen LogP contribution >= 0.6 is 0 Å². The minimum absolute atomic E-state index is 0.0248. The van der Waals surface area contributed by atoms with Gasteiger partial charge in [-0.3, -0.25) is 0 Å². The van der Waals surface area contributed by atoms with Gasteiger partial charge in [0.1, 0.15) is 0 Å². The zero-order valence-corrected chi connectivity index (χ0v) is 13.0. The molecule has 2 fully saturated rings. The predicted octanol–water partition coefficient (Wildman–Crippen LogP) is 4.21. The van der Waals surface area contributed by atoms with Gasteiger partial charge >= 0.3 is 6.09 Å². The number of amides is 1. The fourth-order valence-corrected chi connectivity index (χ4v) is 4.31. The van der Waals surface area contributed by atoms with E-state index >= 15 is 0 Å². The third kappa shape index (κ3) is 2.90. The highest BCUT2D eigenvalue weighted by molar-refractivity contribution is 5.69. The average molecular weight is 267 g/mol. The number of hydrogen-bond donors (Lipinski definition) is 0. The fourth-order valence-electron chi connectivity index (χ4n) is 4.31. The summed E-state index contributed by atoms with van der Waals surface area (Å²) in [6.45, 7) is 10.4. The highest BCUT2D eigenvalue weighted by Gasteiger charge is 2.55. The Labute approximate surface area is 117 Å². The molecule has 0 radical (unpaired) electrons. The summed E-state index contributed by atoms with van der Waals surface area (Å²) in [6, 6.07) is 0. The van der Waals surface area contributed by atoms with Crippen molar-refractivity contribution >= 4 is 6.09 Å². The summed E-state index contributed by atoms with van der Waals surface area (Å²) in [5, 5.41) is 0. The van der Waals surface area contributed by atoms with E-state index in [1.165, 1.54) is 12.8 Å². The Morgan fingerprint density at radius 1 is 1.32 bits per heavy atom. The van der Waals surface area contributed by atoms with Crippen LogP contribution in [0.2, 0.25) is 0 Å². The Morgan fingerprint density at radius 2 is 2.05 bits per heavy atom. The van der Waals surface area contributed by atoms with Gasteiger partial charge in [-0.15, -0.1) is 0 Å². The maximum Gasteiger partial charge on any atom is 0.410 e. The van der Waals surface area contributed by atoms with Crippen LogP contribution < -0.4 is 0 Å². The Balaban J connectivity index is 2.04. The number of likely N-dealkylation sites (tertiary alicyclic amines) is 1. The lowest BCUT2D eigenvalue weighted by atomic mass is 9.67. The lowest BCUT2D eigenvalue weighted by Crippen LogP contribution is -2.46. The van der Waals surface area contributed by atoms with Gasteiger partial charge in [-0.25, -0.2) is 4.79 Å². The number of carbonyl (C=O) groups is 1. The smallest absolute Gasteiger partial charge is 0.410 e. The summed E-state index contributed by atoms with van der Waals surface area (Å²) >= 11 is 0. The van der Waals surface area contributed by atoms with E-state index in [4.69, 9.17) is 4.74 Å². The molecule has 2 rings (SSSR count). The van der Waals surface area contributed by atoms with Crippen LogP contribution in [0.3, 0.4) is 0 Å². The van der Waals surface area contributed by atoms with Gasteiger partial charge in [0.25, 0.3) is 0 Å². The van der Waals surface area contributed by atoms with Crippen LogP contribution in [0, 0.1) is 11.3 Å². The first-order chi connectivity index (χ1) is 8.92. The quantitative estimate of drug-likeness (QED) is 0.714. The van der Waals surface area contributed by atoms with Crippen molar-refractivity contribution in [2.45, 2.75) is 71.8 Å². The Kier molecular flexibility index (Phi) is 4.12. The monoisotopic (exact) mass is 267 g/mol. The largest absolute Gasteiger partial charge is 0.449 e. The topological polar surface area (TPSA) is 29.5 Å². The summed E-state index contributed by atoms with van der Waals surface area (Å²) in [5.74, 6) is 0.761. The van der Waals surface area contributed by atoms with Crippen molar-refractivity contribution in [1.82, 2.24) is 4.90 Å². The molecular weight excluding hydrogens is 238 g/mol. The molecule has 0 aromatic rings. The Hall–Kier alpha value is -0.730. The molecule has 3 atom stereocenters. The summed E-state index contributed by atoms with van der Waals surface area (Å²) in [6.07, 6.45) is 6.71. The minimum Gasteiger partial charge on any atom is -0.449 e. The normalized spacial score (nSPS) is 37.5. The van der Waals surface area contributed by atoms with E-state index in [1.807, 2.05) is 4.90 Å². The molecule has 2 aliphatic rings. The van der Waals surface area contributed by atoms with E-state index in [1.54, 1.807) is 0 Å². The maximum atomic E-state index is 12.3. The number of rotatable bonds is 4. The highest BCUT2D eigenvalue weighted by Crippen LogP contribution is 2.54. The minimum atomic E-state index is -0.0866. The molecule has 1 heterocycles. The van der Waals surface area contributed by atoms with Gasteiger partial charge in [0.2, 0.25) is 0 Å². The number of carbonyl (C=O) groups excluding carboxylic acids is 1. The van der Waals surface area contributed by atoms with Crippen molar-refractivity contribution in [3.8, 4) is 0 Å². The molecule has 1 saturated heterocycles. The van der Waals surface area contributed by atoms with Gasteiger partial charge in [-0.2, -0.15) is 0 Å². The van der Waals surface area contributed by atoms with Crippen molar-refractivity contribution in [1.29, 1.82) is 0 Å². The van der Waals surface area contributed by atoms with Crippen LogP contribution in [0.25, 0.3) is 0 Å². The van der Waals surface area contributed by atoms with E-state index in [0.717, 1.165) is 38.1 Å². The lowest BCUT2D eigenvalue weighted by molar-refractivity contribution is 0.0640. The fraction of sp³-hybridized carbons (Fsp3) is 0.938. The van der Waals surface area contributed by atoms with Crippen molar-refractivity contribution in [2.75, 3.05) is 13.2 Å². The van der Waals surface area contributed by atoms with Gasteiger partial charge in [-0.1, -0.05) is 33.6 Å². The van der Waals surface area contributed by atoms with Gasteiger partial charge < -0.3 is 9.64 Å². The molecule has 0 spiro atoms. The van der Waals surface area contributed by atoms with Crippen molar-refractivity contribution in [3.63, 3.8) is 0 Å². The summed E-state index contributed by atoms with van der Waals surface area (Å²) < 4.78 is 5.44. The van der Waals surface area contributed by atoms with Crippen molar-refractivity contribution in [2.24, 2.45) is 11.3 Å². The molecule has 1 saturated carbocycles. The standard InChI is InChI=1S/C16H29NO2/c1-5-7-8-19-14(18)17-12-15(3)9-13(6-2)10-16(17,4)11-15/h13H,5-12H2,1-4H3. The SMILES string of the molecule is CCCCOC(=O)N1CC2(C)CC(CC)CC1(C)C2. The predicted molar refractivity (Wildman–Crippen MR) is 77.1 cm³/mol. The van der Waals surface area contributed by atoms with E-state index in [0.29, 0.717) is 12.0 Å². The molecule has 1 aliphatic heterocycles. The Morgan fingerprint density at radius 3 is 2.68 bits per heavy atom. The number of ether oxygens (including phenoxy) is 1. The lowest BCUT2D eigenvalue weighted by Gasteiger charge is -2.40. The number of unbranched alkanes of at least 4 members (excludes halogenated alkanes) is 1. The second-order valence-electron chi connectivity index (χ2n) is 7.22. The van der Waals surface area contributed by atoms with Crippen LogP contribution in [0.5, 0.6) is 0 Å². The molecule has 2 bridgehead atoms. The maximum absolute atomic E-state index is 12.3. The first kappa shape index (κ1) is 14.7. The molecule has 1 amide bonds. The van der Waals surface area contributed by atoms with Crippen molar-refractivity contribution < 1.29 is 9.53 Å². The third-order valence-electron chi connectivity index (χ3n) is 5.03. The summed E-state index contributed by atoms with van der Waals surface area (Å²) in [5.41, 5.74) is 0.328. The molecular formula is C16H29NO2. The van der Waals surface area contributed by atoms with Gasteiger partial charge in [0, 0.05) is 12.1 Å². The van der Waals surface area contributed by atoms with Gasteiger partial charge in [0.05, 0.1) is 6.61 Å². The van der Waals surface area contributed by atoms with Crippen LogP contribution in [0.1, 0.15) is 66.2 Å². The zero-order valence-electron chi connectivity index (χ0n) is 13.0. The summed E-state index contributed by atoms with van der Waals surface area (Å²) in [7, 11) is 0. The molecule has 3 nitrogen and oxygen atoms in total. The van der Waals surface area contributed by atoms with Crippen LogP contribution in [-0.2, 0) is 4.74 Å². The molecule has 19 heavy (non-hydrogen) atoms. The van der Waals surface area contributed by atoms with E-state index in [-0.39, 0.29) is 11.6 Å². The molecule has 0 N–H and O–H groups in total. The first-order valence-corrected chi connectivity index (χ1v) is 7.87. The molecule has 110 valence electrons. The van der Waals surface area contributed by atoms with Gasteiger partial charge in [0.15, 0.2) is 0 Å². The number of nitrogens with zero attached hydrogens (tertiary/aromatic N) is 1. The van der Waals surface area contributed by atoms with Gasteiger partial charge in [-0.05, 0) is 43.9 Å². The zero-order chi connectivity index (χ0) is 14.1. The highest BCUT2D eigenvalue weighted by atomic mass is 16.6. The molecule has 0 aromatic heterocycles. The molecule has 0 aromatic carbocycles. The van der Waals surface area contributed by atoms with Crippen LogP contribution in [0.4, 0.5) is 4.79 Å². The van der Waals surface area contributed by atoms with Crippen LogP contribution in [-0.4, -0.2) is 29.7 Å². The van der Waals surface area contributed by atoms with E-state index in [2.05, 4.69) is 27.7 Å². The third-order valence-corrected chi connectivity index (χ3v) is 5.03. The summed E-state index contributed by atoms with van der Waals surface area (Å²) in [4.78, 5) is 14.3. The average Bonchev–Trinajstić information content (AvgIpc) is 2.54. The van der Waals surface area contributed by atoms with Crippen molar-refractivity contribution in [3.05, 3.63) is 0 Å². The number of fused-ring (bicyclic) bond motifs is 2. The molecule has 3 unspecified atom stereocenters. The molecule has 1 aliphatic carbocycles. The Bertz CT molecular complexity index is 344.